The zero-order valence-corrected chi connectivity index (χ0v) is 18.1. The van der Waals surface area contributed by atoms with Crippen molar-refractivity contribution in [3.8, 4) is 0 Å². The molecule has 0 aromatic heterocycles. The molecule has 0 amide bonds. The number of methoxy groups -OCH3 is 1. The average molecular weight is 345 g/mol. The van der Waals surface area contributed by atoms with Crippen molar-refractivity contribution in [2.45, 2.75) is 123 Å². The summed E-state index contributed by atoms with van der Waals surface area (Å²) in [6, 6.07) is 1.29. The van der Waals surface area contributed by atoms with E-state index in [4.69, 9.17) is 9.16 Å². The molecule has 0 aromatic rings. The Morgan fingerprint density at radius 3 is 1.61 bits per heavy atom. The van der Waals surface area contributed by atoms with Crippen LogP contribution in [0.5, 0.6) is 0 Å². The standard InChI is InChI=1S/C20H44O2Si/c1-7-8-9-10-11-12-13-14-15-16-17-18-23(20(3,4)5)22-19(2)21-6/h19,23H,7-18H2,1-6H3. The first-order valence-corrected chi connectivity index (χ1v) is 12.0. The molecular formula is C20H44O2Si. The second-order valence-electron chi connectivity index (χ2n) is 8.12. The van der Waals surface area contributed by atoms with E-state index in [1.807, 2.05) is 6.92 Å². The van der Waals surface area contributed by atoms with Gasteiger partial charge in [-0.3, -0.25) is 0 Å². The Morgan fingerprint density at radius 2 is 1.22 bits per heavy atom. The molecule has 2 atom stereocenters. The van der Waals surface area contributed by atoms with Gasteiger partial charge in [0, 0.05) is 7.11 Å². The van der Waals surface area contributed by atoms with E-state index in [0.717, 1.165) is 0 Å². The van der Waals surface area contributed by atoms with Crippen molar-refractivity contribution in [2.75, 3.05) is 7.11 Å². The molecule has 0 aromatic carbocycles. The zero-order valence-electron chi connectivity index (χ0n) is 17.0. The molecule has 0 saturated carbocycles. The van der Waals surface area contributed by atoms with Crippen LogP contribution >= 0.6 is 0 Å². The lowest BCUT2D eigenvalue weighted by atomic mass is 10.1. The molecule has 0 spiro atoms. The maximum absolute atomic E-state index is 6.17. The van der Waals surface area contributed by atoms with Gasteiger partial charge in [0.05, 0.1) is 0 Å². The Morgan fingerprint density at radius 1 is 0.783 bits per heavy atom. The Bertz CT molecular complexity index is 251. The van der Waals surface area contributed by atoms with Crippen LogP contribution in [0.25, 0.3) is 0 Å². The van der Waals surface area contributed by atoms with Crippen LogP contribution in [0, 0.1) is 0 Å². The number of hydrogen-bond donors (Lipinski definition) is 0. The van der Waals surface area contributed by atoms with Crippen molar-refractivity contribution in [3.05, 3.63) is 0 Å². The Kier molecular flexibility index (Phi) is 14.6. The minimum atomic E-state index is -1.20. The van der Waals surface area contributed by atoms with Crippen molar-refractivity contribution in [1.82, 2.24) is 0 Å². The van der Waals surface area contributed by atoms with E-state index in [0.29, 0.717) is 5.04 Å². The average Bonchev–Trinajstić information content (AvgIpc) is 2.50. The van der Waals surface area contributed by atoms with E-state index in [1.165, 1.54) is 76.7 Å². The largest absolute Gasteiger partial charge is 0.395 e. The molecule has 0 bridgehead atoms. The Labute approximate surface area is 148 Å². The normalized spacial score (nSPS) is 14.9. The second kappa shape index (κ2) is 14.5. The highest BCUT2D eigenvalue weighted by atomic mass is 28.3. The summed E-state index contributed by atoms with van der Waals surface area (Å²) < 4.78 is 11.5. The van der Waals surface area contributed by atoms with Crippen molar-refractivity contribution in [2.24, 2.45) is 0 Å². The maximum atomic E-state index is 6.17. The molecule has 140 valence electrons. The third kappa shape index (κ3) is 14.2. The number of unbranched alkanes of at least 4 members (excludes halogenated alkanes) is 10. The molecule has 0 fully saturated rings. The highest BCUT2D eigenvalue weighted by Crippen LogP contribution is 2.32. The van der Waals surface area contributed by atoms with Gasteiger partial charge < -0.3 is 9.16 Å². The summed E-state index contributed by atoms with van der Waals surface area (Å²) in [6.45, 7) is 11.3. The molecular weight excluding hydrogens is 300 g/mol. The van der Waals surface area contributed by atoms with Crippen LogP contribution in [0.2, 0.25) is 11.1 Å². The van der Waals surface area contributed by atoms with Gasteiger partial charge in [-0.2, -0.15) is 0 Å². The summed E-state index contributed by atoms with van der Waals surface area (Å²) >= 11 is 0. The highest BCUT2D eigenvalue weighted by molar-refractivity contribution is 6.55. The van der Waals surface area contributed by atoms with Gasteiger partial charge in [-0.15, -0.1) is 0 Å². The molecule has 0 rings (SSSR count). The quantitative estimate of drug-likeness (QED) is 0.184. The monoisotopic (exact) mass is 344 g/mol. The molecule has 0 saturated heterocycles. The molecule has 23 heavy (non-hydrogen) atoms. The van der Waals surface area contributed by atoms with Crippen LogP contribution in [-0.2, 0) is 9.16 Å². The lowest BCUT2D eigenvalue weighted by molar-refractivity contribution is -0.0441. The van der Waals surface area contributed by atoms with E-state index in [9.17, 15) is 0 Å². The molecule has 3 heteroatoms. The fourth-order valence-corrected chi connectivity index (χ4v) is 5.63. The van der Waals surface area contributed by atoms with Crippen LogP contribution in [0.15, 0.2) is 0 Å². The summed E-state index contributed by atoms with van der Waals surface area (Å²) in [7, 11) is 0.533. The fraction of sp³-hybridized carbons (Fsp3) is 1.00. The Balaban J connectivity index is 3.59. The predicted octanol–water partition coefficient (Wildman–Crippen LogP) is 6.83. The van der Waals surface area contributed by atoms with Crippen LogP contribution in [-0.4, -0.2) is 22.4 Å². The molecule has 2 unspecified atom stereocenters. The van der Waals surface area contributed by atoms with Gasteiger partial charge in [0.2, 0.25) is 0 Å². The molecule has 0 heterocycles. The van der Waals surface area contributed by atoms with Crippen molar-refractivity contribution < 1.29 is 9.16 Å². The first kappa shape index (κ1) is 23.1. The van der Waals surface area contributed by atoms with Gasteiger partial charge in [0.15, 0.2) is 9.04 Å². The fourth-order valence-electron chi connectivity index (χ4n) is 2.99. The van der Waals surface area contributed by atoms with E-state index in [2.05, 4.69) is 27.7 Å². The molecule has 0 aliphatic rings. The van der Waals surface area contributed by atoms with E-state index in [-0.39, 0.29) is 6.29 Å². The smallest absolute Gasteiger partial charge is 0.185 e. The van der Waals surface area contributed by atoms with Gasteiger partial charge in [0.25, 0.3) is 0 Å². The minimum absolute atomic E-state index is 0.0430. The van der Waals surface area contributed by atoms with Gasteiger partial charge >= 0.3 is 0 Å². The van der Waals surface area contributed by atoms with E-state index >= 15 is 0 Å². The van der Waals surface area contributed by atoms with Gasteiger partial charge in [-0.1, -0.05) is 98.3 Å². The van der Waals surface area contributed by atoms with Crippen LogP contribution in [0.3, 0.4) is 0 Å². The van der Waals surface area contributed by atoms with E-state index in [1.54, 1.807) is 7.11 Å². The number of rotatable bonds is 15. The number of hydrogen-bond acceptors (Lipinski definition) is 2. The van der Waals surface area contributed by atoms with Gasteiger partial charge in [-0.25, -0.2) is 0 Å². The summed E-state index contributed by atoms with van der Waals surface area (Å²) in [4.78, 5) is 0. The van der Waals surface area contributed by atoms with Crippen molar-refractivity contribution in [3.63, 3.8) is 0 Å². The maximum Gasteiger partial charge on any atom is 0.185 e. The summed E-state index contributed by atoms with van der Waals surface area (Å²) in [5.41, 5.74) is 0. The third-order valence-corrected chi connectivity index (χ3v) is 8.30. The first-order valence-electron chi connectivity index (χ1n) is 10.1. The first-order chi connectivity index (χ1) is 10.9. The summed E-state index contributed by atoms with van der Waals surface area (Å²) in [5.74, 6) is 0. The third-order valence-electron chi connectivity index (χ3n) is 4.72. The summed E-state index contributed by atoms with van der Waals surface area (Å²) in [6.07, 6.45) is 15.5. The molecule has 0 N–H and O–H groups in total. The predicted molar refractivity (Wildman–Crippen MR) is 106 cm³/mol. The van der Waals surface area contributed by atoms with Crippen LogP contribution in [0.1, 0.15) is 105 Å². The summed E-state index contributed by atoms with van der Waals surface area (Å²) in [5, 5.41) is 0.325. The molecule has 0 aliphatic heterocycles. The SMILES string of the molecule is CCCCCCCCCCCCC[SiH](OC(C)OC)C(C)(C)C. The van der Waals surface area contributed by atoms with Gasteiger partial charge in [0.1, 0.15) is 6.29 Å². The van der Waals surface area contributed by atoms with E-state index < -0.39 is 9.04 Å². The number of ether oxygens (including phenoxy) is 1. The highest BCUT2D eigenvalue weighted by Gasteiger charge is 2.28. The van der Waals surface area contributed by atoms with Crippen molar-refractivity contribution in [1.29, 1.82) is 0 Å². The zero-order chi connectivity index (χ0) is 17.6. The topological polar surface area (TPSA) is 18.5 Å². The lowest BCUT2D eigenvalue weighted by Crippen LogP contribution is -2.33. The molecule has 2 nitrogen and oxygen atoms in total. The second-order valence-corrected chi connectivity index (χ2v) is 11.7. The van der Waals surface area contributed by atoms with Gasteiger partial charge in [-0.05, 0) is 18.0 Å². The molecule has 0 aliphatic carbocycles. The molecule has 0 radical (unpaired) electrons. The lowest BCUT2D eigenvalue weighted by Gasteiger charge is -2.31. The van der Waals surface area contributed by atoms with Crippen LogP contribution in [0.4, 0.5) is 0 Å². The van der Waals surface area contributed by atoms with Crippen molar-refractivity contribution >= 4 is 9.04 Å². The minimum Gasteiger partial charge on any atom is -0.395 e. The Hall–Kier alpha value is 0.137. The van der Waals surface area contributed by atoms with Crippen LogP contribution < -0.4 is 0 Å².